The van der Waals surface area contributed by atoms with E-state index in [-0.39, 0.29) is 17.5 Å². The third kappa shape index (κ3) is 7.38. The maximum absolute atomic E-state index is 14.2. The molecule has 0 aromatic heterocycles. The summed E-state index contributed by atoms with van der Waals surface area (Å²) in [6.07, 6.45) is -0.269. The molecule has 0 saturated carbocycles. The first-order valence-electron chi connectivity index (χ1n) is 12.4. The first kappa shape index (κ1) is 27.8. The molecule has 3 aromatic carbocycles. The molecule has 0 saturated heterocycles. The quantitative estimate of drug-likeness (QED) is 0.311. The van der Waals surface area contributed by atoms with Gasteiger partial charge in [0.2, 0.25) is 5.91 Å². The monoisotopic (exact) mass is 508 g/mol. The van der Waals surface area contributed by atoms with E-state index >= 15 is 0 Å². The zero-order valence-corrected chi connectivity index (χ0v) is 21.9. The molecule has 0 bridgehead atoms. The average molecular weight is 509 g/mol. The Hall–Kier alpha value is -3.74. The summed E-state index contributed by atoms with van der Waals surface area (Å²) in [4.78, 5) is 27.1. The summed E-state index contributed by atoms with van der Waals surface area (Å²) < 4.78 is 27.5. The van der Waals surface area contributed by atoms with Crippen LogP contribution < -0.4 is 10.2 Å². The van der Waals surface area contributed by atoms with Gasteiger partial charge < -0.3 is 15.3 Å². The van der Waals surface area contributed by atoms with Crippen LogP contribution in [0.5, 0.6) is 0 Å². The largest absolute Gasteiger partial charge is 0.478 e. The summed E-state index contributed by atoms with van der Waals surface area (Å²) in [7, 11) is 0. The van der Waals surface area contributed by atoms with E-state index in [4.69, 9.17) is 0 Å². The molecule has 7 heteroatoms. The Kier molecular flexibility index (Phi) is 9.03. The molecule has 3 rings (SSSR count). The van der Waals surface area contributed by atoms with Gasteiger partial charge in [0.25, 0.3) is 0 Å². The second-order valence-electron chi connectivity index (χ2n) is 10.2. The van der Waals surface area contributed by atoms with E-state index in [1.54, 1.807) is 24.3 Å². The van der Waals surface area contributed by atoms with E-state index in [9.17, 15) is 23.5 Å². The second-order valence-corrected chi connectivity index (χ2v) is 10.2. The SMILES string of the molecule is Cc1ccc(C(=O)O)c(-c2ccc(N(CC(C)C)CC(C)C)c(NC(=O)Cc3ccc(F)cc3F)c2)c1. The van der Waals surface area contributed by atoms with Gasteiger partial charge in [-0.15, -0.1) is 0 Å². The summed E-state index contributed by atoms with van der Waals surface area (Å²) in [5, 5.41) is 12.7. The van der Waals surface area contributed by atoms with Gasteiger partial charge >= 0.3 is 5.97 Å². The van der Waals surface area contributed by atoms with Crippen molar-refractivity contribution in [2.24, 2.45) is 11.8 Å². The molecule has 0 heterocycles. The van der Waals surface area contributed by atoms with Gasteiger partial charge in [0.1, 0.15) is 11.6 Å². The number of carboxylic acids is 1. The fraction of sp³-hybridized carbons (Fsp3) is 0.333. The van der Waals surface area contributed by atoms with E-state index in [2.05, 4.69) is 37.9 Å². The highest BCUT2D eigenvalue weighted by atomic mass is 19.1. The molecule has 0 aliphatic rings. The van der Waals surface area contributed by atoms with Crippen molar-refractivity contribution in [1.82, 2.24) is 0 Å². The van der Waals surface area contributed by atoms with Crippen LogP contribution in [0.25, 0.3) is 11.1 Å². The van der Waals surface area contributed by atoms with E-state index < -0.39 is 23.5 Å². The number of benzene rings is 3. The molecule has 0 atom stereocenters. The number of aromatic carboxylic acids is 1. The number of amides is 1. The van der Waals surface area contributed by atoms with Gasteiger partial charge in [-0.1, -0.05) is 57.5 Å². The molecule has 0 spiro atoms. The van der Waals surface area contributed by atoms with Crippen LogP contribution in [0.15, 0.2) is 54.6 Å². The van der Waals surface area contributed by atoms with Crippen LogP contribution in [-0.2, 0) is 11.2 Å². The molecular formula is C30H34F2N2O3. The summed E-state index contributed by atoms with van der Waals surface area (Å²) >= 11 is 0. The van der Waals surface area contributed by atoms with Crippen molar-refractivity contribution >= 4 is 23.3 Å². The van der Waals surface area contributed by atoms with Crippen molar-refractivity contribution in [3.05, 3.63) is 82.9 Å². The zero-order valence-electron chi connectivity index (χ0n) is 21.9. The number of carbonyl (C=O) groups excluding carboxylic acids is 1. The lowest BCUT2D eigenvalue weighted by molar-refractivity contribution is -0.115. The Morgan fingerprint density at radius 2 is 1.59 bits per heavy atom. The van der Waals surface area contributed by atoms with Crippen LogP contribution in [-0.4, -0.2) is 30.1 Å². The smallest absolute Gasteiger partial charge is 0.336 e. The third-order valence-electron chi connectivity index (χ3n) is 5.87. The Balaban J connectivity index is 2.08. The molecule has 0 fully saturated rings. The van der Waals surface area contributed by atoms with Crippen molar-refractivity contribution in [2.75, 3.05) is 23.3 Å². The number of hydrogen-bond acceptors (Lipinski definition) is 3. The number of hydrogen-bond donors (Lipinski definition) is 2. The predicted molar refractivity (Wildman–Crippen MR) is 144 cm³/mol. The van der Waals surface area contributed by atoms with Crippen LogP contribution in [0, 0.1) is 30.4 Å². The molecule has 2 N–H and O–H groups in total. The highest BCUT2D eigenvalue weighted by Gasteiger charge is 2.20. The number of carboxylic acid groups (broad SMARTS) is 1. The number of anilines is 2. The van der Waals surface area contributed by atoms with Crippen molar-refractivity contribution < 1.29 is 23.5 Å². The van der Waals surface area contributed by atoms with Gasteiger partial charge in [0.05, 0.1) is 23.4 Å². The van der Waals surface area contributed by atoms with Crippen LogP contribution in [0.2, 0.25) is 0 Å². The molecular weight excluding hydrogens is 474 g/mol. The highest BCUT2D eigenvalue weighted by molar-refractivity contribution is 5.99. The van der Waals surface area contributed by atoms with Gasteiger partial charge in [0, 0.05) is 19.2 Å². The third-order valence-corrected chi connectivity index (χ3v) is 5.87. The molecule has 1 amide bonds. The van der Waals surface area contributed by atoms with Crippen LogP contribution in [0.3, 0.4) is 0 Å². The lowest BCUT2D eigenvalue weighted by Gasteiger charge is -2.31. The standard InChI is InChI=1S/C30H34F2N2O3/c1-18(2)16-34(17-19(3)4)28-11-8-21(25-12-20(5)6-10-24(25)30(36)37)13-27(28)33-29(35)14-22-7-9-23(31)15-26(22)32/h6-13,15,18-19H,14,16-17H2,1-5H3,(H,33,35)(H,36,37). The van der Waals surface area contributed by atoms with Crippen molar-refractivity contribution in [2.45, 2.75) is 41.0 Å². The Morgan fingerprint density at radius 3 is 2.19 bits per heavy atom. The number of rotatable bonds is 10. The Bertz CT molecular complexity index is 1280. The summed E-state index contributed by atoms with van der Waals surface area (Å²) in [6, 6.07) is 13.8. The number of carbonyl (C=O) groups is 2. The molecule has 5 nitrogen and oxygen atoms in total. The molecule has 196 valence electrons. The molecule has 37 heavy (non-hydrogen) atoms. The minimum absolute atomic E-state index is 0.0877. The van der Waals surface area contributed by atoms with E-state index in [0.717, 1.165) is 36.5 Å². The number of nitrogens with one attached hydrogen (secondary N) is 1. The van der Waals surface area contributed by atoms with Gasteiger partial charge in [-0.2, -0.15) is 0 Å². The summed E-state index contributed by atoms with van der Waals surface area (Å²) in [5.74, 6) is -2.28. The highest BCUT2D eigenvalue weighted by Crippen LogP contribution is 2.35. The predicted octanol–water partition coefficient (Wildman–Crippen LogP) is 6.94. The first-order chi connectivity index (χ1) is 17.4. The van der Waals surface area contributed by atoms with Gasteiger partial charge in [-0.3, -0.25) is 4.79 Å². The van der Waals surface area contributed by atoms with Crippen molar-refractivity contribution in [1.29, 1.82) is 0 Å². The van der Waals surface area contributed by atoms with E-state index in [1.807, 2.05) is 19.1 Å². The molecule has 0 aliphatic heterocycles. The molecule has 0 radical (unpaired) electrons. The fourth-order valence-corrected chi connectivity index (χ4v) is 4.35. The van der Waals surface area contributed by atoms with Crippen LogP contribution in [0.4, 0.5) is 20.2 Å². The summed E-state index contributed by atoms with van der Waals surface area (Å²) in [5.41, 5.74) is 3.63. The second kappa shape index (κ2) is 12.0. The van der Waals surface area contributed by atoms with Crippen LogP contribution in [0.1, 0.15) is 49.2 Å². The maximum Gasteiger partial charge on any atom is 0.336 e. The zero-order chi connectivity index (χ0) is 27.3. The lowest BCUT2D eigenvalue weighted by Crippen LogP contribution is -2.32. The Labute approximate surface area is 217 Å². The Morgan fingerprint density at radius 1 is 0.919 bits per heavy atom. The number of nitrogens with zero attached hydrogens (tertiary/aromatic N) is 1. The summed E-state index contributed by atoms with van der Waals surface area (Å²) in [6.45, 7) is 11.8. The maximum atomic E-state index is 14.2. The van der Waals surface area contributed by atoms with E-state index in [1.165, 1.54) is 6.07 Å². The minimum atomic E-state index is -1.04. The average Bonchev–Trinajstić information content (AvgIpc) is 2.79. The van der Waals surface area contributed by atoms with Gasteiger partial charge in [0.15, 0.2) is 0 Å². The first-order valence-corrected chi connectivity index (χ1v) is 12.4. The van der Waals surface area contributed by atoms with Gasteiger partial charge in [-0.05, 0) is 59.7 Å². The molecule has 0 aliphatic carbocycles. The van der Waals surface area contributed by atoms with E-state index in [0.29, 0.717) is 28.7 Å². The van der Waals surface area contributed by atoms with Gasteiger partial charge in [-0.25, -0.2) is 13.6 Å². The lowest BCUT2D eigenvalue weighted by atomic mass is 9.96. The number of aryl methyl sites for hydroxylation is 1. The van der Waals surface area contributed by atoms with Crippen molar-refractivity contribution in [3.8, 4) is 11.1 Å². The fourth-order valence-electron chi connectivity index (χ4n) is 4.35. The van der Waals surface area contributed by atoms with Crippen molar-refractivity contribution in [3.63, 3.8) is 0 Å². The number of halogens is 2. The van der Waals surface area contributed by atoms with Crippen LogP contribution >= 0.6 is 0 Å². The minimum Gasteiger partial charge on any atom is -0.478 e. The normalized spacial score (nSPS) is 11.2. The topological polar surface area (TPSA) is 69.6 Å². The molecule has 3 aromatic rings. The molecule has 0 unspecified atom stereocenters.